The van der Waals surface area contributed by atoms with Crippen LogP contribution in [0.25, 0.3) is 16.8 Å². The minimum absolute atomic E-state index is 0.514. The Morgan fingerprint density at radius 3 is 2.60 bits per heavy atom. The summed E-state index contributed by atoms with van der Waals surface area (Å²) in [6.45, 7) is 4.12. The van der Waals surface area contributed by atoms with Gasteiger partial charge in [0.05, 0.1) is 5.69 Å². The predicted octanol–water partition coefficient (Wildman–Crippen LogP) is 6.13. The van der Waals surface area contributed by atoms with E-state index in [9.17, 15) is 0 Å². The summed E-state index contributed by atoms with van der Waals surface area (Å²) in [5.41, 5.74) is 4.67. The van der Waals surface area contributed by atoms with E-state index in [-0.39, 0.29) is 0 Å². The van der Waals surface area contributed by atoms with Gasteiger partial charge in [-0.05, 0) is 54.2 Å². The monoisotopic (exact) mass is 420 g/mol. The molecule has 3 aromatic rings. The average Bonchev–Trinajstić information content (AvgIpc) is 2.80. The molecule has 0 radical (unpaired) electrons. The van der Waals surface area contributed by atoms with E-state index in [2.05, 4.69) is 52.8 Å². The molecule has 0 atom stereocenters. The van der Waals surface area contributed by atoms with Gasteiger partial charge >= 0.3 is 0 Å². The average molecular weight is 421 g/mol. The zero-order valence-corrected chi connectivity index (χ0v) is 18.6. The maximum absolute atomic E-state index is 5.96. The number of rotatable bonds is 6. The zero-order valence-electron chi connectivity index (χ0n) is 17.8. The Hall–Kier alpha value is -2.43. The van der Waals surface area contributed by atoms with Crippen LogP contribution in [0.2, 0.25) is 5.15 Å². The van der Waals surface area contributed by atoms with Gasteiger partial charge in [-0.3, -0.25) is 4.98 Å². The first kappa shape index (κ1) is 20.8. The summed E-state index contributed by atoms with van der Waals surface area (Å²) in [7, 11) is 4.38. The number of aromatic nitrogens is 2. The summed E-state index contributed by atoms with van der Waals surface area (Å²) in [6.07, 6.45) is 14.9. The van der Waals surface area contributed by atoms with Gasteiger partial charge in [0.15, 0.2) is 0 Å². The number of nitrogens with zero attached hydrogens (tertiary/aromatic N) is 4. The maximum Gasteiger partial charge on any atom is 0.129 e. The van der Waals surface area contributed by atoms with Gasteiger partial charge in [0.25, 0.3) is 0 Å². The molecule has 5 heteroatoms. The Morgan fingerprint density at radius 1 is 1.10 bits per heavy atom. The van der Waals surface area contributed by atoms with Crippen LogP contribution in [0.5, 0.6) is 0 Å². The fourth-order valence-corrected chi connectivity index (χ4v) is 4.71. The molecule has 0 amide bonds. The highest BCUT2D eigenvalue weighted by atomic mass is 35.5. The highest BCUT2D eigenvalue weighted by molar-refractivity contribution is 6.29. The molecule has 30 heavy (non-hydrogen) atoms. The second-order valence-electron chi connectivity index (χ2n) is 8.15. The molecule has 1 fully saturated rings. The Balaban J connectivity index is 1.76. The Morgan fingerprint density at radius 2 is 1.90 bits per heavy atom. The third-order valence-corrected chi connectivity index (χ3v) is 6.55. The van der Waals surface area contributed by atoms with E-state index >= 15 is 0 Å². The second-order valence-corrected chi connectivity index (χ2v) is 8.54. The van der Waals surface area contributed by atoms with Gasteiger partial charge in [-0.1, -0.05) is 49.6 Å². The molecule has 4 nitrogen and oxygen atoms in total. The second kappa shape index (κ2) is 9.15. The van der Waals surface area contributed by atoms with Crippen LogP contribution in [0.15, 0.2) is 49.4 Å². The first-order valence-electron chi connectivity index (χ1n) is 10.7. The highest BCUT2D eigenvalue weighted by Gasteiger charge is 2.24. The molecule has 156 valence electrons. The van der Waals surface area contributed by atoms with Crippen molar-refractivity contribution in [2.75, 3.05) is 19.1 Å². The van der Waals surface area contributed by atoms with E-state index in [1.54, 1.807) is 0 Å². The van der Waals surface area contributed by atoms with Crippen LogP contribution in [0.3, 0.4) is 0 Å². The van der Waals surface area contributed by atoms with Gasteiger partial charge in [0.1, 0.15) is 5.15 Å². The topological polar surface area (TPSA) is 32.3 Å². The number of benzene rings is 1. The van der Waals surface area contributed by atoms with Gasteiger partial charge in [-0.25, -0.2) is 9.99 Å². The van der Waals surface area contributed by atoms with Crippen molar-refractivity contribution in [3.63, 3.8) is 0 Å². The van der Waals surface area contributed by atoms with Crippen molar-refractivity contribution in [3.05, 3.63) is 71.3 Å². The lowest BCUT2D eigenvalue weighted by Crippen LogP contribution is -2.45. The van der Waals surface area contributed by atoms with Gasteiger partial charge in [0.2, 0.25) is 0 Å². The van der Waals surface area contributed by atoms with E-state index in [4.69, 9.17) is 11.6 Å². The van der Waals surface area contributed by atoms with Crippen molar-refractivity contribution in [1.29, 1.82) is 0 Å². The van der Waals surface area contributed by atoms with Gasteiger partial charge in [-0.2, -0.15) is 0 Å². The summed E-state index contributed by atoms with van der Waals surface area (Å²) in [6, 6.07) is 8.81. The summed E-state index contributed by atoms with van der Waals surface area (Å²) in [4.78, 5) is 8.66. The molecule has 2 aromatic heterocycles. The summed E-state index contributed by atoms with van der Waals surface area (Å²) in [5.74, 6) is 0. The van der Waals surface area contributed by atoms with E-state index in [0.29, 0.717) is 11.2 Å². The molecule has 1 aliphatic rings. The molecular weight excluding hydrogens is 392 g/mol. The molecule has 2 heterocycles. The number of hydrazine groups is 1. The van der Waals surface area contributed by atoms with Crippen LogP contribution in [0.1, 0.15) is 48.8 Å². The zero-order chi connectivity index (χ0) is 21.1. The van der Waals surface area contributed by atoms with Crippen molar-refractivity contribution < 1.29 is 0 Å². The molecule has 0 unspecified atom stereocenters. The molecule has 1 aromatic carbocycles. The van der Waals surface area contributed by atoms with Gasteiger partial charge in [-0.15, -0.1) is 0 Å². The minimum Gasteiger partial charge on any atom is -0.308 e. The number of fused-ring (bicyclic) bond motifs is 1. The maximum atomic E-state index is 5.96. The van der Waals surface area contributed by atoms with Crippen LogP contribution in [0.4, 0.5) is 5.69 Å². The molecule has 0 N–H and O–H groups in total. The lowest BCUT2D eigenvalue weighted by molar-refractivity contribution is 0.185. The molecular formula is C25H29ClN4. The van der Waals surface area contributed by atoms with Crippen LogP contribution < -0.4 is 5.01 Å². The van der Waals surface area contributed by atoms with Crippen LogP contribution >= 0.6 is 11.6 Å². The van der Waals surface area contributed by atoms with Crippen LogP contribution in [-0.4, -0.2) is 35.1 Å². The summed E-state index contributed by atoms with van der Waals surface area (Å²) < 4.78 is 0. The first-order chi connectivity index (χ1) is 14.6. The van der Waals surface area contributed by atoms with Crippen LogP contribution in [-0.2, 0) is 6.42 Å². The molecule has 1 aliphatic carbocycles. The molecule has 4 rings (SSSR count). The van der Waals surface area contributed by atoms with Gasteiger partial charge in [0, 0.05) is 49.5 Å². The predicted molar refractivity (Wildman–Crippen MR) is 127 cm³/mol. The van der Waals surface area contributed by atoms with E-state index in [1.807, 2.05) is 36.8 Å². The molecule has 0 spiro atoms. The fraction of sp³-hybridized carbons (Fsp3) is 0.360. The minimum atomic E-state index is 0.514. The first-order valence-corrected chi connectivity index (χ1v) is 11.0. The van der Waals surface area contributed by atoms with Crippen molar-refractivity contribution >= 4 is 34.1 Å². The number of hydrogen-bond donors (Lipinski definition) is 0. The normalized spacial score (nSPS) is 14.9. The molecule has 1 saturated carbocycles. The van der Waals surface area contributed by atoms with Gasteiger partial charge < -0.3 is 5.01 Å². The largest absolute Gasteiger partial charge is 0.308 e. The van der Waals surface area contributed by atoms with Crippen molar-refractivity contribution in [2.45, 2.75) is 44.6 Å². The van der Waals surface area contributed by atoms with Crippen molar-refractivity contribution in [2.24, 2.45) is 0 Å². The summed E-state index contributed by atoms with van der Waals surface area (Å²) in [5, 5.41) is 7.59. The lowest BCUT2D eigenvalue weighted by Gasteiger charge is -2.40. The quantitative estimate of drug-likeness (QED) is 0.354. The van der Waals surface area contributed by atoms with Crippen molar-refractivity contribution in [1.82, 2.24) is 15.0 Å². The third-order valence-electron chi connectivity index (χ3n) is 6.33. The lowest BCUT2D eigenvalue weighted by atomic mass is 9.94. The van der Waals surface area contributed by atoms with E-state index in [0.717, 1.165) is 22.9 Å². The Labute approximate surface area is 184 Å². The molecule has 0 aliphatic heterocycles. The number of anilines is 1. The fourth-order valence-electron chi connectivity index (χ4n) is 4.60. The molecule has 0 bridgehead atoms. The standard InChI is InChI=1S/C25H29ClN4/c1-4-19-15-20(14-18-10-11-24(26)28-16-18)23-17-27-13-12-22(23)25(19)30(3)29(2)21-8-6-5-7-9-21/h4,10-13,15-17,21H,1,5-9,14H2,2-3H3. The Kier molecular flexibility index (Phi) is 6.35. The third kappa shape index (κ3) is 4.21. The SMILES string of the molecule is C=Cc1cc(Cc2ccc(Cl)nc2)c2cnccc2c1N(C)N(C)C1CCCCC1. The Bertz CT molecular complexity index is 1030. The van der Waals surface area contributed by atoms with E-state index < -0.39 is 0 Å². The summed E-state index contributed by atoms with van der Waals surface area (Å²) >= 11 is 5.96. The van der Waals surface area contributed by atoms with E-state index in [1.165, 1.54) is 48.7 Å². The highest BCUT2D eigenvalue weighted by Crippen LogP contribution is 2.36. The number of halogens is 1. The smallest absolute Gasteiger partial charge is 0.129 e. The number of hydrogen-bond acceptors (Lipinski definition) is 4. The number of pyridine rings is 2. The molecule has 0 saturated heterocycles. The van der Waals surface area contributed by atoms with Crippen LogP contribution in [0, 0.1) is 0 Å². The van der Waals surface area contributed by atoms with Crippen molar-refractivity contribution in [3.8, 4) is 0 Å².